The second-order valence-corrected chi connectivity index (χ2v) is 3.75. The second kappa shape index (κ2) is 6.54. The molecular formula is C13H13FO4. The van der Waals surface area contributed by atoms with Gasteiger partial charge in [0.05, 0.1) is 0 Å². The van der Waals surface area contributed by atoms with Gasteiger partial charge in [-0.15, -0.1) is 0 Å². The lowest BCUT2D eigenvalue weighted by atomic mass is 10.1. The zero-order valence-corrected chi connectivity index (χ0v) is 9.80. The van der Waals surface area contributed by atoms with Crippen LogP contribution in [0.3, 0.4) is 0 Å². The van der Waals surface area contributed by atoms with E-state index < -0.39 is 18.0 Å². The quantitative estimate of drug-likeness (QED) is 0.642. The zero-order chi connectivity index (χ0) is 13.5. The second-order valence-electron chi connectivity index (χ2n) is 3.75. The molecule has 0 radical (unpaired) electrons. The molecule has 0 spiro atoms. The molecule has 4 nitrogen and oxygen atoms in total. The lowest BCUT2D eigenvalue weighted by Crippen LogP contribution is -2.16. The van der Waals surface area contributed by atoms with Crippen LogP contribution in [0.1, 0.15) is 12.5 Å². The van der Waals surface area contributed by atoms with Gasteiger partial charge in [0.2, 0.25) is 0 Å². The number of hydrogen-bond acceptors (Lipinski definition) is 3. The third-order valence-electron chi connectivity index (χ3n) is 2.12. The van der Waals surface area contributed by atoms with Crippen molar-refractivity contribution in [2.24, 2.45) is 0 Å². The van der Waals surface area contributed by atoms with Crippen molar-refractivity contribution < 1.29 is 23.8 Å². The van der Waals surface area contributed by atoms with Crippen molar-refractivity contribution in [2.75, 3.05) is 0 Å². The van der Waals surface area contributed by atoms with Crippen LogP contribution in [0.25, 0.3) is 0 Å². The Morgan fingerprint density at radius 1 is 1.33 bits per heavy atom. The van der Waals surface area contributed by atoms with E-state index in [1.165, 1.54) is 12.1 Å². The van der Waals surface area contributed by atoms with Gasteiger partial charge in [0.15, 0.2) is 0 Å². The molecule has 0 amide bonds. The summed E-state index contributed by atoms with van der Waals surface area (Å²) in [5, 5.41) is 8.33. The fourth-order valence-corrected chi connectivity index (χ4v) is 1.37. The van der Waals surface area contributed by atoms with Crippen molar-refractivity contribution in [2.45, 2.75) is 19.4 Å². The van der Waals surface area contributed by atoms with Gasteiger partial charge in [-0.05, 0) is 24.6 Å². The average molecular weight is 252 g/mol. The van der Waals surface area contributed by atoms with E-state index in [2.05, 4.69) is 0 Å². The minimum absolute atomic E-state index is 0.326. The summed E-state index contributed by atoms with van der Waals surface area (Å²) in [6.45, 7) is 1.68. The largest absolute Gasteiger partial charge is 0.478 e. The molecule has 1 rings (SSSR count). The molecule has 1 N–H and O–H groups in total. The fourth-order valence-electron chi connectivity index (χ4n) is 1.37. The van der Waals surface area contributed by atoms with Crippen LogP contribution in [0.15, 0.2) is 36.4 Å². The first-order valence-corrected chi connectivity index (χ1v) is 5.33. The summed E-state index contributed by atoms with van der Waals surface area (Å²) in [7, 11) is 0. The normalized spacial score (nSPS) is 12.3. The summed E-state index contributed by atoms with van der Waals surface area (Å²) >= 11 is 0. The molecule has 0 aliphatic carbocycles. The molecule has 0 aromatic heterocycles. The summed E-state index contributed by atoms with van der Waals surface area (Å²) in [5.41, 5.74) is 0.832. The van der Waals surface area contributed by atoms with Crippen LogP contribution in [-0.2, 0) is 20.7 Å². The van der Waals surface area contributed by atoms with E-state index in [4.69, 9.17) is 9.84 Å². The van der Waals surface area contributed by atoms with E-state index in [0.717, 1.165) is 11.6 Å². The summed E-state index contributed by atoms with van der Waals surface area (Å²) in [6.07, 6.45) is 1.59. The number of benzene rings is 1. The van der Waals surface area contributed by atoms with Gasteiger partial charge < -0.3 is 9.84 Å². The molecule has 0 unspecified atom stereocenters. The number of halogens is 1. The Balaban J connectivity index is 2.46. The maximum Gasteiger partial charge on any atom is 0.331 e. The van der Waals surface area contributed by atoms with Gasteiger partial charge in [-0.1, -0.05) is 12.1 Å². The highest BCUT2D eigenvalue weighted by atomic mass is 19.1. The highest BCUT2D eigenvalue weighted by Crippen LogP contribution is 2.08. The Labute approximate surface area is 104 Å². The van der Waals surface area contributed by atoms with Crippen LogP contribution in [0.5, 0.6) is 0 Å². The lowest BCUT2D eigenvalue weighted by Gasteiger charge is -2.11. The molecule has 1 atom stereocenters. The molecule has 0 saturated heterocycles. The van der Waals surface area contributed by atoms with E-state index in [1.807, 2.05) is 0 Å². The molecule has 0 saturated carbocycles. The van der Waals surface area contributed by atoms with E-state index in [-0.39, 0.29) is 5.82 Å². The van der Waals surface area contributed by atoms with Gasteiger partial charge in [-0.2, -0.15) is 0 Å². The van der Waals surface area contributed by atoms with Crippen molar-refractivity contribution in [1.29, 1.82) is 0 Å². The lowest BCUT2D eigenvalue weighted by molar-refractivity contribution is -0.142. The third-order valence-corrected chi connectivity index (χ3v) is 2.12. The van der Waals surface area contributed by atoms with E-state index in [9.17, 15) is 14.0 Å². The van der Waals surface area contributed by atoms with Gasteiger partial charge in [0.1, 0.15) is 11.9 Å². The molecule has 0 fully saturated rings. The Morgan fingerprint density at radius 3 is 2.50 bits per heavy atom. The van der Waals surface area contributed by atoms with Crippen molar-refractivity contribution in [3.8, 4) is 0 Å². The number of esters is 1. The number of carbonyl (C=O) groups is 2. The molecule has 0 aliphatic heterocycles. The SMILES string of the molecule is C[C@H](Cc1ccc(F)cc1)OC(=O)/C=C\C(=O)O. The van der Waals surface area contributed by atoms with Gasteiger partial charge in [0.25, 0.3) is 0 Å². The van der Waals surface area contributed by atoms with Gasteiger partial charge in [0, 0.05) is 18.6 Å². The monoisotopic (exact) mass is 252 g/mol. The standard InChI is InChI=1S/C13H13FO4/c1-9(18-13(17)7-6-12(15)16)8-10-2-4-11(14)5-3-10/h2-7,9H,8H2,1H3,(H,15,16)/b7-6-/t9-/m1/s1. The fraction of sp³-hybridized carbons (Fsp3) is 0.231. The highest BCUT2D eigenvalue weighted by Gasteiger charge is 2.08. The maximum atomic E-state index is 12.7. The number of hydrogen-bond donors (Lipinski definition) is 1. The van der Waals surface area contributed by atoms with Crippen molar-refractivity contribution >= 4 is 11.9 Å². The number of rotatable bonds is 5. The number of ether oxygens (including phenoxy) is 1. The predicted molar refractivity (Wildman–Crippen MR) is 62.4 cm³/mol. The van der Waals surface area contributed by atoms with Crippen LogP contribution in [0.2, 0.25) is 0 Å². The van der Waals surface area contributed by atoms with E-state index in [1.54, 1.807) is 19.1 Å². The maximum absolute atomic E-state index is 12.7. The average Bonchev–Trinajstić information content (AvgIpc) is 2.29. The molecule has 0 heterocycles. The molecule has 0 aliphatic rings. The van der Waals surface area contributed by atoms with E-state index >= 15 is 0 Å². The molecule has 18 heavy (non-hydrogen) atoms. The number of carbonyl (C=O) groups excluding carboxylic acids is 1. The minimum atomic E-state index is -1.21. The number of carboxylic acid groups (broad SMARTS) is 1. The van der Waals surface area contributed by atoms with Crippen LogP contribution in [-0.4, -0.2) is 23.1 Å². The van der Waals surface area contributed by atoms with Gasteiger partial charge >= 0.3 is 11.9 Å². The van der Waals surface area contributed by atoms with E-state index in [0.29, 0.717) is 12.5 Å². The third kappa shape index (κ3) is 5.25. The summed E-state index contributed by atoms with van der Waals surface area (Å²) in [4.78, 5) is 21.4. The Hall–Kier alpha value is -2.17. The van der Waals surface area contributed by atoms with Crippen molar-refractivity contribution in [1.82, 2.24) is 0 Å². The Bertz CT molecular complexity index is 451. The zero-order valence-electron chi connectivity index (χ0n) is 9.80. The molecule has 5 heteroatoms. The highest BCUT2D eigenvalue weighted by molar-refractivity contribution is 5.90. The predicted octanol–water partition coefficient (Wildman–Crippen LogP) is 1.94. The molecule has 1 aromatic carbocycles. The Morgan fingerprint density at radius 2 is 1.94 bits per heavy atom. The summed E-state index contributed by atoms with van der Waals surface area (Å²) < 4.78 is 17.6. The topological polar surface area (TPSA) is 63.6 Å². The first kappa shape index (κ1) is 13.9. The molecule has 1 aromatic rings. The van der Waals surface area contributed by atoms with Crippen LogP contribution < -0.4 is 0 Å². The van der Waals surface area contributed by atoms with Crippen molar-refractivity contribution in [3.63, 3.8) is 0 Å². The minimum Gasteiger partial charge on any atom is -0.478 e. The number of carboxylic acids is 1. The first-order valence-electron chi connectivity index (χ1n) is 5.33. The van der Waals surface area contributed by atoms with Crippen LogP contribution in [0.4, 0.5) is 4.39 Å². The van der Waals surface area contributed by atoms with Crippen LogP contribution in [0, 0.1) is 5.82 Å². The number of aliphatic carboxylic acids is 1. The van der Waals surface area contributed by atoms with Crippen LogP contribution >= 0.6 is 0 Å². The molecule has 0 bridgehead atoms. The summed E-state index contributed by atoms with van der Waals surface area (Å²) in [6, 6.07) is 5.86. The molecule has 96 valence electrons. The smallest absolute Gasteiger partial charge is 0.331 e. The first-order chi connectivity index (χ1) is 8.47. The molecular weight excluding hydrogens is 239 g/mol. The van der Waals surface area contributed by atoms with Gasteiger partial charge in [-0.3, -0.25) is 0 Å². The van der Waals surface area contributed by atoms with Crippen molar-refractivity contribution in [3.05, 3.63) is 47.8 Å². The summed E-state index contributed by atoms with van der Waals surface area (Å²) in [5.74, 6) is -2.25. The Kier molecular flexibility index (Phi) is 5.05. The van der Waals surface area contributed by atoms with Gasteiger partial charge in [-0.25, -0.2) is 14.0 Å².